The van der Waals surface area contributed by atoms with E-state index in [1.165, 1.54) is 24.8 Å². The van der Waals surface area contributed by atoms with Crippen LogP contribution in [0.5, 0.6) is 5.75 Å². The summed E-state index contributed by atoms with van der Waals surface area (Å²) in [6.45, 7) is 8.11. The molecule has 0 saturated heterocycles. The van der Waals surface area contributed by atoms with E-state index in [-0.39, 0.29) is 6.10 Å². The zero-order chi connectivity index (χ0) is 16.9. The molecule has 0 bridgehead atoms. The van der Waals surface area contributed by atoms with Crippen LogP contribution in [-0.4, -0.2) is 29.7 Å². The van der Waals surface area contributed by atoms with E-state index in [2.05, 4.69) is 37.0 Å². The quantitative estimate of drug-likeness (QED) is 0.817. The van der Waals surface area contributed by atoms with E-state index >= 15 is 0 Å². The van der Waals surface area contributed by atoms with Gasteiger partial charge in [-0.3, -0.25) is 4.90 Å². The van der Waals surface area contributed by atoms with Crippen LogP contribution in [0.3, 0.4) is 0 Å². The molecule has 3 nitrogen and oxygen atoms in total. The lowest BCUT2D eigenvalue weighted by Gasteiger charge is -2.26. The molecule has 24 heavy (non-hydrogen) atoms. The summed E-state index contributed by atoms with van der Waals surface area (Å²) in [7, 11) is 0. The highest BCUT2D eigenvalue weighted by Crippen LogP contribution is 2.30. The van der Waals surface area contributed by atoms with Gasteiger partial charge in [-0.2, -0.15) is 0 Å². The Hall–Kier alpha value is -1.32. The summed E-state index contributed by atoms with van der Waals surface area (Å²) in [5.41, 5.74) is 2.24. The summed E-state index contributed by atoms with van der Waals surface area (Å²) in [6, 6.07) is 6.22. The number of aliphatic hydroxyl groups excluding tert-OH is 1. The predicted octanol–water partition coefficient (Wildman–Crippen LogP) is 4.32. The van der Waals surface area contributed by atoms with Gasteiger partial charge in [-0.15, -0.1) is 0 Å². The second-order valence-electron chi connectivity index (χ2n) is 7.75. The SMILES string of the molecule is CC(C)CC(O)c1ccc2c(c1)CN(CC1CC=CCC1)CCO2. The van der Waals surface area contributed by atoms with Crippen LogP contribution >= 0.6 is 0 Å². The lowest BCUT2D eigenvalue weighted by atomic mass is 9.93. The van der Waals surface area contributed by atoms with Crippen molar-refractivity contribution in [3.8, 4) is 5.75 Å². The Morgan fingerprint density at radius 1 is 1.29 bits per heavy atom. The third-order valence-electron chi connectivity index (χ3n) is 5.12. The van der Waals surface area contributed by atoms with Crippen LogP contribution in [0.2, 0.25) is 0 Å². The van der Waals surface area contributed by atoms with Gasteiger partial charge in [-0.05, 0) is 55.2 Å². The fourth-order valence-electron chi connectivity index (χ4n) is 3.80. The van der Waals surface area contributed by atoms with Crippen molar-refractivity contribution >= 4 is 0 Å². The summed E-state index contributed by atoms with van der Waals surface area (Å²) in [5, 5.41) is 10.4. The first-order chi connectivity index (χ1) is 11.6. The molecule has 1 aliphatic carbocycles. The number of hydrogen-bond acceptors (Lipinski definition) is 3. The van der Waals surface area contributed by atoms with Crippen molar-refractivity contribution in [2.75, 3.05) is 19.7 Å². The maximum Gasteiger partial charge on any atom is 0.123 e. The number of hydrogen-bond donors (Lipinski definition) is 1. The second kappa shape index (κ2) is 8.17. The highest BCUT2D eigenvalue weighted by atomic mass is 16.5. The second-order valence-corrected chi connectivity index (χ2v) is 7.75. The van der Waals surface area contributed by atoms with Crippen LogP contribution in [0, 0.1) is 11.8 Å². The lowest BCUT2D eigenvalue weighted by molar-refractivity contribution is 0.151. The Morgan fingerprint density at radius 3 is 2.92 bits per heavy atom. The molecule has 132 valence electrons. The number of nitrogens with zero attached hydrogens (tertiary/aromatic N) is 1. The molecule has 1 aromatic carbocycles. The van der Waals surface area contributed by atoms with E-state index < -0.39 is 0 Å². The molecular formula is C21H31NO2. The monoisotopic (exact) mass is 329 g/mol. The molecule has 3 rings (SSSR count). The number of fused-ring (bicyclic) bond motifs is 1. The Balaban J connectivity index is 1.69. The van der Waals surface area contributed by atoms with Crippen LogP contribution in [0.4, 0.5) is 0 Å². The van der Waals surface area contributed by atoms with Gasteiger partial charge < -0.3 is 9.84 Å². The summed E-state index contributed by atoms with van der Waals surface area (Å²) in [6.07, 6.45) is 8.78. The molecule has 0 saturated carbocycles. The summed E-state index contributed by atoms with van der Waals surface area (Å²) in [5.74, 6) is 2.25. The van der Waals surface area contributed by atoms with Crippen molar-refractivity contribution in [1.29, 1.82) is 0 Å². The number of ether oxygens (including phenoxy) is 1. The van der Waals surface area contributed by atoms with Gasteiger partial charge in [0.05, 0.1) is 6.10 Å². The smallest absolute Gasteiger partial charge is 0.123 e. The molecule has 1 aromatic rings. The highest BCUT2D eigenvalue weighted by molar-refractivity contribution is 5.38. The molecule has 2 atom stereocenters. The largest absolute Gasteiger partial charge is 0.492 e. The summed E-state index contributed by atoms with van der Waals surface area (Å²) >= 11 is 0. The fraction of sp³-hybridized carbons (Fsp3) is 0.619. The van der Waals surface area contributed by atoms with Crippen molar-refractivity contribution in [3.05, 3.63) is 41.5 Å². The average molecular weight is 329 g/mol. The molecule has 1 heterocycles. The van der Waals surface area contributed by atoms with E-state index in [0.717, 1.165) is 49.9 Å². The normalized spacial score (nSPS) is 22.8. The van der Waals surface area contributed by atoms with Crippen molar-refractivity contribution in [3.63, 3.8) is 0 Å². The van der Waals surface area contributed by atoms with Crippen LogP contribution in [0.1, 0.15) is 56.8 Å². The Morgan fingerprint density at radius 2 is 2.17 bits per heavy atom. The van der Waals surface area contributed by atoms with E-state index in [1.807, 2.05) is 12.1 Å². The maximum absolute atomic E-state index is 10.4. The average Bonchev–Trinajstić information content (AvgIpc) is 2.76. The molecule has 0 aromatic heterocycles. The molecule has 0 fully saturated rings. The maximum atomic E-state index is 10.4. The molecular weight excluding hydrogens is 298 g/mol. The molecule has 1 N–H and O–H groups in total. The minimum absolute atomic E-state index is 0.379. The molecule has 2 unspecified atom stereocenters. The molecule has 1 aliphatic heterocycles. The van der Waals surface area contributed by atoms with E-state index in [9.17, 15) is 5.11 Å². The standard InChI is InChI=1S/C21H31NO2/c1-16(2)12-20(23)18-8-9-21-19(13-18)15-22(10-11-24-21)14-17-6-4-3-5-7-17/h3-4,8-9,13,16-17,20,23H,5-7,10-12,14-15H2,1-2H3. The van der Waals surface area contributed by atoms with E-state index in [4.69, 9.17) is 4.74 Å². The zero-order valence-corrected chi connectivity index (χ0v) is 15.1. The van der Waals surface area contributed by atoms with Gasteiger partial charge in [-0.25, -0.2) is 0 Å². The van der Waals surface area contributed by atoms with Gasteiger partial charge in [-0.1, -0.05) is 32.1 Å². The Kier molecular flexibility index (Phi) is 5.96. The Bertz CT molecular complexity index is 567. The number of rotatable bonds is 5. The molecule has 2 aliphatic rings. The molecule has 0 radical (unpaired) electrons. The van der Waals surface area contributed by atoms with Gasteiger partial charge in [0, 0.05) is 25.2 Å². The highest BCUT2D eigenvalue weighted by Gasteiger charge is 2.21. The van der Waals surface area contributed by atoms with E-state index in [1.54, 1.807) is 0 Å². The molecule has 3 heteroatoms. The topological polar surface area (TPSA) is 32.7 Å². The van der Waals surface area contributed by atoms with Crippen molar-refractivity contribution in [2.45, 2.75) is 52.2 Å². The van der Waals surface area contributed by atoms with Crippen LogP contribution in [0.15, 0.2) is 30.4 Å². The van der Waals surface area contributed by atoms with Crippen LogP contribution in [-0.2, 0) is 6.54 Å². The van der Waals surface area contributed by atoms with Gasteiger partial charge in [0.2, 0.25) is 0 Å². The number of allylic oxidation sites excluding steroid dienone is 2. The van der Waals surface area contributed by atoms with Crippen molar-refractivity contribution in [1.82, 2.24) is 4.90 Å². The zero-order valence-electron chi connectivity index (χ0n) is 15.1. The predicted molar refractivity (Wildman–Crippen MR) is 98.1 cm³/mol. The first kappa shape index (κ1) is 17.5. The van der Waals surface area contributed by atoms with Gasteiger partial charge >= 0.3 is 0 Å². The third kappa shape index (κ3) is 4.61. The first-order valence-corrected chi connectivity index (χ1v) is 9.43. The van der Waals surface area contributed by atoms with Gasteiger partial charge in [0.25, 0.3) is 0 Å². The minimum Gasteiger partial charge on any atom is -0.492 e. The van der Waals surface area contributed by atoms with Gasteiger partial charge in [0.1, 0.15) is 12.4 Å². The lowest BCUT2D eigenvalue weighted by Crippen LogP contribution is -2.31. The fourth-order valence-corrected chi connectivity index (χ4v) is 3.80. The van der Waals surface area contributed by atoms with Crippen molar-refractivity contribution in [2.24, 2.45) is 11.8 Å². The first-order valence-electron chi connectivity index (χ1n) is 9.43. The summed E-state index contributed by atoms with van der Waals surface area (Å²) in [4.78, 5) is 2.52. The van der Waals surface area contributed by atoms with Crippen LogP contribution in [0.25, 0.3) is 0 Å². The number of benzene rings is 1. The molecule has 0 spiro atoms. The van der Waals surface area contributed by atoms with Crippen molar-refractivity contribution < 1.29 is 9.84 Å². The van der Waals surface area contributed by atoms with Gasteiger partial charge in [0.15, 0.2) is 0 Å². The third-order valence-corrected chi connectivity index (χ3v) is 5.12. The minimum atomic E-state index is -0.379. The molecule has 0 amide bonds. The number of aliphatic hydroxyl groups is 1. The van der Waals surface area contributed by atoms with Crippen LogP contribution < -0.4 is 4.74 Å². The van der Waals surface area contributed by atoms with E-state index in [0.29, 0.717) is 5.92 Å². The Labute approximate surface area is 146 Å². The summed E-state index contributed by atoms with van der Waals surface area (Å²) < 4.78 is 5.95.